The molecule has 6 nitrogen and oxygen atoms in total. The quantitative estimate of drug-likeness (QED) is 0.401. The summed E-state index contributed by atoms with van der Waals surface area (Å²) in [6.45, 7) is 16.6. The number of carboxylic acid groups (broad SMARTS) is 1. The van der Waals surface area contributed by atoms with Gasteiger partial charge >= 0.3 is 11.9 Å². The topological polar surface area (TPSA) is 92.7 Å². The summed E-state index contributed by atoms with van der Waals surface area (Å²) in [5, 5.41) is 11.2. The number of ether oxygens (including phenoxy) is 1. The maximum Gasteiger partial charge on any atom is 0.333 e. The monoisotopic (exact) mass is 343 g/mol. The predicted molar refractivity (Wildman–Crippen MR) is 94.6 cm³/mol. The number of carboxylic acids is 1. The number of carbonyl (C=O) groups is 3. The summed E-state index contributed by atoms with van der Waals surface area (Å²) in [5.74, 6) is -1.18. The smallest absolute Gasteiger partial charge is 0.333 e. The van der Waals surface area contributed by atoms with E-state index >= 15 is 0 Å². The van der Waals surface area contributed by atoms with Gasteiger partial charge in [-0.25, -0.2) is 4.79 Å². The Balaban J connectivity index is 0. The lowest BCUT2D eigenvalue weighted by atomic mass is 9.89. The van der Waals surface area contributed by atoms with Crippen LogP contribution in [0.2, 0.25) is 0 Å². The Labute approximate surface area is 145 Å². The Hall–Kier alpha value is -1.85. The third kappa shape index (κ3) is 10.0. The van der Waals surface area contributed by atoms with Crippen molar-refractivity contribution in [2.45, 2.75) is 61.3 Å². The second-order valence-corrected chi connectivity index (χ2v) is 6.95. The minimum absolute atomic E-state index is 0.0265. The van der Waals surface area contributed by atoms with Crippen LogP contribution >= 0.6 is 0 Å². The second-order valence-electron chi connectivity index (χ2n) is 6.95. The molecule has 0 aliphatic carbocycles. The van der Waals surface area contributed by atoms with Crippen LogP contribution in [0, 0.1) is 10.8 Å². The van der Waals surface area contributed by atoms with Crippen molar-refractivity contribution in [2.75, 3.05) is 13.2 Å². The van der Waals surface area contributed by atoms with E-state index in [0.29, 0.717) is 18.5 Å². The van der Waals surface area contributed by atoms with Gasteiger partial charge in [0.25, 0.3) is 0 Å². The normalized spacial score (nSPS) is 11.0. The van der Waals surface area contributed by atoms with E-state index in [-0.39, 0.29) is 17.9 Å². The molecule has 0 aliphatic rings. The summed E-state index contributed by atoms with van der Waals surface area (Å²) in [6, 6.07) is 0. The van der Waals surface area contributed by atoms with E-state index in [4.69, 9.17) is 9.84 Å². The van der Waals surface area contributed by atoms with Crippen LogP contribution in [0.1, 0.15) is 61.3 Å². The number of rotatable bonds is 8. The Bertz CT molecular complexity index is 452. The summed E-state index contributed by atoms with van der Waals surface area (Å²) in [4.78, 5) is 32.9. The molecule has 0 unspecified atom stereocenters. The van der Waals surface area contributed by atoms with Crippen molar-refractivity contribution in [2.24, 2.45) is 10.8 Å². The Morgan fingerprint density at radius 1 is 1.04 bits per heavy atom. The van der Waals surface area contributed by atoms with Crippen molar-refractivity contribution in [1.82, 2.24) is 5.32 Å². The minimum Gasteiger partial charge on any atom is -0.481 e. The van der Waals surface area contributed by atoms with Crippen molar-refractivity contribution in [1.29, 1.82) is 0 Å². The summed E-state index contributed by atoms with van der Waals surface area (Å²) in [7, 11) is 0. The van der Waals surface area contributed by atoms with Gasteiger partial charge in [-0.3, -0.25) is 9.59 Å². The van der Waals surface area contributed by atoms with Crippen molar-refractivity contribution in [3.63, 3.8) is 0 Å². The Kier molecular flexibility index (Phi) is 11.0. The van der Waals surface area contributed by atoms with Gasteiger partial charge in [-0.1, -0.05) is 34.3 Å². The highest BCUT2D eigenvalue weighted by molar-refractivity contribution is 5.87. The van der Waals surface area contributed by atoms with E-state index in [1.807, 2.05) is 27.7 Å². The van der Waals surface area contributed by atoms with Crippen LogP contribution in [-0.4, -0.2) is 36.1 Å². The molecule has 6 heteroatoms. The number of hydrogen-bond donors (Lipinski definition) is 2. The molecule has 0 aromatic carbocycles. The van der Waals surface area contributed by atoms with Gasteiger partial charge in [0.15, 0.2) is 0 Å². The molecular formula is C18H33NO5. The number of amides is 1. The van der Waals surface area contributed by atoms with Gasteiger partial charge in [-0.05, 0) is 33.6 Å². The van der Waals surface area contributed by atoms with Crippen LogP contribution in [0.5, 0.6) is 0 Å². The zero-order valence-corrected chi connectivity index (χ0v) is 16.1. The first-order valence-electron chi connectivity index (χ1n) is 8.16. The molecule has 0 fully saturated rings. The molecule has 24 heavy (non-hydrogen) atoms. The number of hydrogen-bond acceptors (Lipinski definition) is 4. The first kappa shape index (κ1) is 24.4. The molecule has 0 aromatic rings. The molecule has 0 rings (SSSR count). The van der Waals surface area contributed by atoms with Gasteiger partial charge in [0, 0.05) is 11.0 Å². The van der Waals surface area contributed by atoms with Crippen LogP contribution in [0.15, 0.2) is 12.2 Å². The Morgan fingerprint density at radius 3 is 1.79 bits per heavy atom. The van der Waals surface area contributed by atoms with Crippen molar-refractivity contribution in [3.8, 4) is 0 Å². The highest BCUT2D eigenvalue weighted by atomic mass is 16.5. The van der Waals surface area contributed by atoms with Gasteiger partial charge in [-0.2, -0.15) is 0 Å². The predicted octanol–water partition coefficient (Wildman–Crippen LogP) is 3.17. The zero-order chi connectivity index (χ0) is 19.6. The van der Waals surface area contributed by atoms with E-state index in [0.717, 1.165) is 6.42 Å². The fourth-order valence-corrected chi connectivity index (χ4v) is 0.983. The van der Waals surface area contributed by atoms with Crippen LogP contribution in [0.4, 0.5) is 0 Å². The van der Waals surface area contributed by atoms with Gasteiger partial charge in [0.1, 0.15) is 6.61 Å². The largest absolute Gasteiger partial charge is 0.481 e. The molecule has 0 aromatic heterocycles. The van der Waals surface area contributed by atoms with Crippen LogP contribution < -0.4 is 5.32 Å². The van der Waals surface area contributed by atoms with Crippen LogP contribution in [0.3, 0.4) is 0 Å². The van der Waals surface area contributed by atoms with Crippen molar-refractivity contribution < 1.29 is 24.2 Å². The second kappa shape index (κ2) is 10.8. The highest BCUT2D eigenvalue weighted by Gasteiger charge is 2.24. The summed E-state index contributed by atoms with van der Waals surface area (Å²) >= 11 is 0. The maximum absolute atomic E-state index is 11.6. The molecular weight excluding hydrogens is 310 g/mol. The number of nitrogens with one attached hydrogen (secondary N) is 1. The van der Waals surface area contributed by atoms with E-state index < -0.39 is 17.4 Å². The van der Waals surface area contributed by atoms with Gasteiger partial charge < -0.3 is 15.2 Å². The molecule has 0 radical (unpaired) electrons. The van der Waals surface area contributed by atoms with Crippen molar-refractivity contribution in [3.05, 3.63) is 12.2 Å². The first-order chi connectivity index (χ1) is 10.8. The van der Waals surface area contributed by atoms with Gasteiger partial charge in [0.05, 0.1) is 12.0 Å². The summed E-state index contributed by atoms with van der Waals surface area (Å²) < 4.78 is 4.85. The molecule has 0 aliphatic heterocycles. The standard InChI is InChI=1S/C12H21NO3.C6H12O2/c1-6-12(4,5)11(15)13-7-8-16-10(14)9(2)3;1-4-6(2,3)5(7)8/h2,6-8H2,1,3-5H3,(H,13,15);4H2,1-3H3,(H,7,8). The summed E-state index contributed by atoms with van der Waals surface area (Å²) in [5.41, 5.74) is -0.557. The molecule has 0 heterocycles. The molecule has 2 N–H and O–H groups in total. The van der Waals surface area contributed by atoms with E-state index in [1.54, 1.807) is 20.8 Å². The van der Waals surface area contributed by atoms with Gasteiger partial charge in [0.2, 0.25) is 5.91 Å². The number of esters is 1. The molecule has 0 atom stereocenters. The average molecular weight is 343 g/mol. The van der Waals surface area contributed by atoms with E-state index in [2.05, 4.69) is 11.9 Å². The van der Waals surface area contributed by atoms with Crippen molar-refractivity contribution >= 4 is 17.8 Å². The fourth-order valence-electron chi connectivity index (χ4n) is 0.983. The lowest BCUT2D eigenvalue weighted by molar-refractivity contribution is -0.147. The van der Waals surface area contributed by atoms with Gasteiger partial charge in [-0.15, -0.1) is 0 Å². The average Bonchev–Trinajstić information content (AvgIpc) is 2.51. The fraction of sp³-hybridized carbons (Fsp3) is 0.722. The lowest BCUT2D eigenvalue weighted by Crippen LogP contribution is -2.38. The first-order valence-corrected chi connectivity index (χ1v) is 8.16. The highest BCUT2D eigenvalue weighted by Crippen LogP contribution is 2.19. The number of carbonyl (C=O) groups excluding carboxylic acids is 2. The Morgan fingerprint density at radius 2 is 1.50 bits per heavy atom. The third-order valence-electron chi connectivity index (χ3n) is 3.93. The molecule has 140 valence electrons. The molecule has 0 spiro atoms. The van der Waals surface area contributed by atoms with E-state index in [9.17, 15) is 14.4 Å². The number of aliphatic carboxylic acids is 1. The molecule has 1 amide bonds. The maximum atomic E-state index is 11.6. The zero-order valence-electron chi connectivity index (χ0n) is 16.1. The minimum atomic E-state index is -0.722. The molecule has 0 saturated heterocycles. The van der Waals surface area contributed by atoms with E-state index in [1.165, 1.54) is 0 Å². The molecule has 0 saturated carbocycles. The van der Waals surface area contributed by atoms with Crippen LogP contribution in [-0.2, 0) is 19.1 Å². The summed E-state index contributed by atoms with van der Waals surface area (Å²) in [6.07, 6.45) is 1.45. The third-order valence-corrected chi connectivity index (χ3v) is 3.93. The van der Waals surface area contributed by atoms with Crippen LogP contribution in [0.25, 0.3) is 0 Å². The lowest BCUT2D eigenvalue weighted by Gasteiger charge is -2.21. The molecule has 0 bridgehead atoms. The SMILES string of the molecule is C=C(C)C(=O)OCCNC(=O)C(C)(C)CC.CCC(C)(C)C(=O)O.